The first kappa shape index (κ1) is 14.4. The quantitative estimate of drug-likeness (QED) is 0.536. The molecule has 0 radical (unpaired) electrons. The molecule has 3 nitrogen and oxygen atoms in total. The summed E-state index contributed by atoms with van der Waals surface area (Å²) < 4.78 is 17.1. The van der Waals surface area contributed by atoms with Gasteiger partial charge in [-0.15, -0.1) is 0 Å². The molecule has 1 aromatic heterocycles. The van der Waals surface area contributed by atoms with Gasteiger partial charge in [0.2, 0.25) is 5.78 Å². The summed E-state index contributed by atoms with van der Waals surface area (Å²) in [5.74, 6) is -0.344. The van der Waals surface area contributed by atoms with Gasteiger partial charge in [-0.1, -0.05) is 43.2 Å². The van der Waals surface area contributed by atoms with Gasteiger partial charge in [0, 0.05) is 6.42 Å². The number of ketones is 1. The first-order valence-electron chi connectivity index (χ1n) is 6.94. The van der Waals surface area contributed by atoms with Gasteiger partial charge in [-0.2, -0.15) is 4.39 Å². The van der Waals surface area contributed by atoms with Crippen LogP contribution in [0.15, 0.2) is 40.9 Å². The van der Waals surface area contributed by atoms with Crippen LogP contribution in [0.2, 0.25) is 0 Å². The minimum Gasteiger partial charge on any atom is -0.408 e. The molecule has 0 amide bonds. The van der Waals surface area contributed by atoms with E-state index in [1.807, 2.05) is 18.2 Å². The third-order valence-electron chi connectivity index (χ3n) is 3.18. The zero-order valence-corrected chi connectivity index (χ0v) is 11.3. The lowest BCUT2D eigenvalue weighted by atomic mass is 10.0. The monoisotopic (exact) mass is 275 g/mol. The highest BCUT2D eigenvalue weighted by Gasteiger charge is 2.12. The van der Waals surface area contributed by atoms with Gasteiger partial charge in [0.25, 0.3) is 11.9 Å². The van der Waals surface area contributed by atoms with Gasteiger partial charge in [0.05, 0.1) is 0 Å². The fourth-order valence-corrected chi connectivity index (χ4v) is 2.10. The van der Waals surface area contributed by atoms with Crippen LogP contribution in [0.3, 0.4) is 0 Å². The minimum atomic E-state index is -0.809. The Morgan fingerprint density at radius 3 is 2.55 bits per heavy atom. The average Bonchev–Trinajstić information content (AvgIpc) is 2.90. The number of carbonyl (C=O) groups is 1. The summed E-state index contributed by atoms with van der Waals surface area (Å²) >= 11 is 0. The third-order valence-corrected chi connectivity index (χ3v) is 3.18. The van der Waals surface area contributed by atoms with Crippen LogP contribution in [0, 0.1) is 6.01 Å². The Hall–Kier alpha value is -1.97. The van der Waals surface area contributed by atoms with Crippen molar-refractivity contribution in [3.8, 4) is 0 Å². The lowest BCUT2D eigenvalue weighted by molar-refractivity contribution is 0.0937. The van der Waals surface area contributed by atoms with Crippen molar-refractivity contribution in [2.75, 3.05) is 0 Å². The number of aromatic nitrogens is 1. The maximum Gasteiger partial charge on any atom is 0.298 e. The highest BCUT2D eigenvalue weighted by Crippen LogP contribution is 2.11. The van der Waals surface area contributed by atoms with E-state index in [-0.39, 0.29) is 11.7 Å². The first-order valence-corrected chi connectivity index (χ1v) is 6.94. The topological polar surface area (TPSA) is 43.1 Å². The van der Waals surface area contributed by atoms with Gasteiger partial charge in [-0.3, -0.25) is 4.79 Å². The highest BCUT2D eigenvalue weighted by atomic mass is 19.1. The number of nitrogens with zero attached hydrogens (tertiary/aromatic N) is 1. The second-order valence-corrected chi connectivity index (χ2v) is 4.79. The fourth-order valence-electron chi connectivity index (χ4n) is 2.10. The van der Waals surface area contributed by atoms with Crippen molar-refractivity contribution in [1.29, 1.82) is 0 Å². The van der Waals surface area contributed by atoms with Crippen LogP contribution in [-0.2, 0) is 6.42 Å². The van der Waals surface area contributed by atoms with Crippen LogP contribution in [0.4, 0.5) is 4.39 Å². The Balaban J connectivity index is 1.57. The van der Waals surface area contributed by atoms with E-state index >= 15 is 0 Å². The van der Waals surface area contributed by atoms with Crippen LogP contribution in [0.5, 0.6) is 0 Å². The molecular weight excluding hydrogens is 257 g/mol. The van der Waals surface area contributed by atoms with Gasteiger partial charge in [-0.05, 0) is 24.8 Å². The average molecular weight is 275 g/mol. The Labute approximate surface area is 117 Å². The summed E-state index contributed by atoms with van der Waals surface area (Å²) in [7, 11) is 0. The fraction of sp³-hybridized carbons (Fsp3) is 0.375. The highest BCUT2D eigenvalue weighted by molar-refractivity contribution is 5.91. The van der Waals surface area contributed by atoms with Gasteiger partial charge in [0.1, 0.15) is 6.20 Å². The number of rotatable bonds is 8. The molecule has 1 aromatic carbocycles. The van der Waals surface area contributed by atoms with E-state index in [0.717, 1.165) is 38.3 Å². The van der Waals surface area contributed by atoms with E-state index in [4.69, 9.17) is 0 Å². The van der Waals surface area contributed by atoms with Gasteiger partial charge < -0.3 is 4.42 Å². The van der Waals surface area contributed by atoms with E-state index in [0.29, 0.717) is 6.42 Å². The van der Waals surface area contributed by atoms with E-state index in [1.165, 1.54) is 5.56 Å². The molecule has 0 spiro atoms. The van der Waals surface area contributed by atoms with Crippen molar-refractivity contribution < 1.29 is 13.6 Å². The number of hydrogen-bond acceptors (Lipinski definition) is 3. The Bertz CT molecular complexity index is 536. The molecular formula is C16H18FNO2. The number of aryl methyl sites for hydroxylation is 1. The standard InChI is InChI=1S/C16H18FNO2/c17-15-12-18-16(20-15)14(19)11-7-2-1-4-8-13-9-5-3-6-10-13/h3,5-6,9-10,12H,1-2,4,7-8,11H2. The lowest BCUT2D eigenvalue weighted by Gasteiger charge is -2.01. The first-order chi connectivity index (χ1) is 9.75. The predicted octanol–water partition coefficient (Wildman–Crippen LogP) is 4.19. The largest absolute Gasteiger partial charge is 0.408 e. The maximum atomic E-state index is 12.6. The second kappa shape index (κ2) is 7.58. The van der Waals surface area contributed by atoms with Crippen molar-refractivity contribution in [2.24, 2.45) is 0 Å². The molecule has 0 aliphatic carbocycles. The van der Waals surface area contributed by atoms with E-state index in [9.17, 15) is 9.18 Å². The van der Waals surface area contributed by atoms with Crippen LogP contribution >= 0.6 is 0 Å². The summed E-state index contributed by atoms with van der Waals surface area (Å²) in [5.41, 5.74) is 1.35. The van der Waals surface area contributed by atoms with E-state index < -0.39 is 6.01 Å². The number of benzene rings is 1. The molecule has 0 saturated carbocycles. The molecule has 0 saturated heterocycles. The summed E-state index contributed by atoms with van der Waals surface area (Å²) in [6.07, 6.45) is 6.34. The summed E-state index contributed by atoms with van der Waals surface area (Å²) in [6, 6.07) is 9.55. The third kappa shape index (κ3) is 4.61. The normalized spacial score (nSPS) is 10.7. The summed E-state index contributed by atoms with van der Waals surface area (Å²) in [4.78, 5) is 15.2. The Morgan fingerprint density at radius 2 is 1.85 bits per heavy atom. The molecule has 106 valence electrons. The van der Waals surface area contributed by atoms with Crippen molar-refractivity contribution in [3.05, 3.63) is 54.0 Å². The van der Waals surface area contributed by atoms with E-state index in [2.05, 4.69) is 21.5 Å². The number of oxazole rings is 1. The Morgan fingerprint density at radius 1 is 1.10 bits per heavy atom. The van der Waals surface area contributed by atoms with E-state index in [1.54, 1.807) is 0 Å². The molecule has 0 fully saturated rings. The molecule has 0 aliphatic heterocycles. The summed E-state index contributed by atoms with van der Waals surface area (Å²) in [5, 5.41) is 0. The minimum absolute atomic E-state index is 0.119. The zero-order chi connectivity index (χ0) is 14.2. The number of Topliss-reactive ketones (excluding diaryl/α,β-unsaturated/α-hetero) is 1. The lowest BCUT2D eigenvalue weighted by Crippen LogP contribution is -1.99. The molecule has 20 heavy (non-hydrogen) atoms. The molecule has 1 heterocycles. The van der Waals surface area contributed by atoms with Crippen LogP contribution in [0.25, 0.3) is 0 Å². The van der Waals surface area contributed by atoms with Crippen LogP contribution in [-0.4, -0.2) is 10.8 Å². The van der Waals surface area contributed by atoms with Crippen molar-refractivity contribution in [1.82, 2.24) is 4.98 Å². The van der Waals surface area contributed by atoms with Gasteiger partial charge in [0.15, 0.2) is 0 Å². The maximum absolute atomic E-state index is 12.6. The van der Waals surface area contributed by atoms with Crippen LogP contribution in [0.1, 0.15) is 48.4 Å². The molecule has 0 bridgehead atoms. The van der Waals surface area contributed by atoms with Crippen molar-refractivity contribution in [3.63, 3.8) is 0 Å². The molecule has 0 unspecified atom stereocenters. The molecule has 0 atom stereocenters. The number of unbranched alkanes of at least 4 members (excludes halogenated alkanes) is 3. The zero-order valence-electron chi connectivity index (χ0n) is 11.3. The number of carbonyl (C=O) groups excluding carboxylic acids is 1. The van der Waals surface area contributed by atoms with Crippen molar-refractivity contribution in [2.45, 2.75) is 38.5 Å². The number of hydrogen-bond donors (Lipinski definition) is 0. The smallest absolute Gasteiger partial charge is 0.298 e. The Kier molecular flexibility index (Phi) is 5.47. The SMILES string of the molecule is O=C(CCCCCCc1ccccc1)c1ncc(F)o1. The molecule has 0 aliphatic rings. The second-order valence-electron chi connectivity index (χ2n) is 4.79. The van der Waals surface area contributed by atoms with Gasteiger partial charge >= 0.3 is 0 Å². The molecule has 2 aromatic rings. The molecule has 4 heteroatoms. The predicted molar refractivity (Wildman–Crippen MR) is 74.0 cm³/mol. The van der Waals surface area contributed by atoms with Crippen molar-refractivity contribution >= 4 is 5.78 Å². The number of halogens is 1. The molecule has 0 N–H and O–H groups in total. The van der Waals surface area contributed by atoms with Gasteiger partial charge in [-0.25, -0.2) is 4.98 Å². The molecule has 2 rings (SSSR count). The summed E-state index contributed by atoms with van der Waals surface area (Å²) in [6.45, 7) is 0. The van der Waals surface area contributed by atoms with Crippen LogP contribution < -0.4 is 0 Å².